The molecule has 0 bridgehead atoms. The molecular formula is C35H34AsFeN2O9. The van der Waals surface area contributed by atoms with E-state index in [4.69, 9.17) is 0 Å². The molecule has 4 aromatic rings. The predicted molar refractivity (Wildman–Crippen MR) is 169 cm³/mol. The van der Waals surface area contributed by atoms with Gasteiger partial charge >= 0.3 is 169 Å². The van der Waals surface area contributed by atoms with Crippen molar-refractivity contribution in [3.05, 3.63) is 121 Å². The number of carbonyl (C=O) groups excluding carboxylic acids is 4. The van der Waals surface area contributed by atoms with Gasteiger partial charge in [0.1, 0.15) is 0 Å². The third-order valence-corrected chi connectivity index (χ3v) is 15.9. The summed E-state index contributed by atoms with van der Waals surface area (Å²) < 4.78 is 5.79. The molecule has 0 unspecified atom stereocenters. The Balaban J connectivity index is 0.000000331. The standard InChI is InChI=1S/C24H20As.C11H18N2O9.Fe/c1-5-13-21(14-6-1)25(22-15-7-2-8-16-22,23-17-9-3-10-18-23)24-19-11-4-12-20-24;14-7(1-12(3-8(15)16)4-9(17)18)2-13(5-10(19)20)6-11(21)22;/h1-20H;7,14H,1-6H2,(H,15,16)(H,17,18)(H,19,20)(H,21,22);/q+1;;+3/p-4. The molecule has 0 aliphatic carbocycles. The average Bonchev–Trinajstić information content (AvgIpc) is 3.02. The maximum atomic E-state index is 10.5. The minimum atomic E-state index is -2.77. The summed E-state index contributed by atoms with van der Waals surface area (Å²) in [5, 5.41) is 51.5. The van der Waals surface area contributed by atoms with Crippen LogP contribution in [0.1, 0.15) is 0 Å². The number of benzene rings is 4. The van der Waals surface area contributed by atoms with Crippen molar-refractivity contribution in [2.45, 2.75) is 6.10 Å². The maximum absolute atomic E-state index is 10.5. The molecule has 0 saturated heterocycles. The second kappa shape index (κ2) is 20.2. The number of rotatable bonds is 16. The first kappa shape index (κ1) is 39.9. The van der Waals surface area contributed by atoms with E-state index in [-0.39, 0.29) is 17.1 Å². The van der Waals surface area contributed by atoms with Gasteiger partial charge in [-0.1, -0.05) is 0 Å². The number of hydrogen-bond acceptors (Lipinski definition) is 11. The summed E-state index contributed by atoms with van der Waals surface area (Å²) in [5.74, 6) is -6.35. The van der Waals surface area contributed by atoms with E-state index in [0.717, 1.165) is 9.80 Å². The van der Waals surface area contributed by atoms with E-state index in [1.165, 1.54) is 17.4 Å². The molecule has 0 aliphatic heterocycles. The van der Waals surface area contributed by atoms with Gasteiger partial charge in [-0.2, -0.15) is 0 Å². The van der Waals surface area contributed by atoms with Crippen molar-refractivity contribution in [2.75, 3.05) is 39.3 Å². The van der Waals surface area contributed by atoms with E-state index >= 15 is 0 Å². The Bertz CT molecular complexity index is 1350. The Morgan fingerprint density at radius 1 is 0.479 bits per heavy atom. The molecule has 1 N–H and O–H groups in total. The monoisotopic (exact) mass is 757 g/mol. The normalized spacial score (nSPS) is 10.9. The number of carboxylic acid groups (broad SMARTS) is 4. The van der Waals surface area contributed by atoms with Crippen LogP contribution >= 0.6 is 0 Å². The van der Waals surface area contributed by atoms with Crippen molar-refractivity contribution in [3.8, 4) is 0 Å². The first-order chi connectivity index (χ1) is 22.5. The van der Waals surface area contributed by atoms with Crippen molar-refractivity contribution in [3.63, 3.8) is 0 Å². The Labute approximate surface area is 292 Å². The minimum absolute atomic E-state index is 0. The summed E-state index contributed by atoms with van der Waals surface area (Å²) in [5.41, 5.74) is 0. The number of hydrogen-bond donors (Lipinski definition) is 1. The Hall–Kier alpha value is -4.28. The molecule has 0 heterocycles. The zero-order chi connectivity index (χ0) is 34.2. The van der Waals surface area contributed by atoms with Crippen molar-refractivity contribution in [1.29, 1.82) is 0 Å². The fourth-order valence-corrected chi connectivity index (χ4v) is 14.2. The summed E-state index contributed by atoms with van der Waals surface area (Å²) in [4.78, 5) is 43.4. The van der Waals surface area contributed by atoms with Crippen molar-refractivity contribution in [2.24, 2.45) is 0 Å². The van der Waals surface area contributed by atoms with Gasteiger partial charge in [-0.05, 0) is 0 Å². The molecule has 0 spiro atoms. The van der Waals surface area contributed by atoms with Crippen LogP contribution in [0, 0.1) is 0 Å². The van der Waals surface area contributed by atoms with Crippen molar-refractivity contribution >= 4 is 54.8 Å². The topological polar surface area (TPSA) is 187 Å². The van der Waals surface area contributed by atoms with Gasteiger partial charge in [-0.3, -0.25) is 9.80 Å². The van der Waals surface area contributed by atoms with Crippen LogP contribution < -0.4 is 37.8 Å². The van der Waals surface area contributed by atoms with Crippen LogP contribution in [0.5, 0.6) is 0 Å². The summed E-state index contributed by atoms with van der Waals surface area (Å²) in [6, 6.07) is 44.2. The molecule has 0 saturated carbocycles. The van der Waals surface area contributed by atoms with Gasteiger partial charge in [-0.15, -0.1) is 0 Å². The second-order valence-electron chi connectivity index (χ2n) is 10.5. The second-order valence-corrected chi connectivity index (χ2v) is 17.6. The molecule has 4 aromatic carbocycles. The molecule has 0 atom stereocenters. The van der Waals surface area contributed by atoms with Gasteiger partial charge in [0.15, 0.2) is 0 Å². The summed E-state index contributed by atoms with van der Waals surface area (Å²) in [7, 11) is 0. The van der Waals surface area contributed by atoms with E-state index in [1.807, 2.05) is 0 Å². The van der Waals surface area contributed by atoms with Gasteiger partial charge in [0.25, 0.3) is 0 Å². The fraction of sp³-hybridized carbons (Fsp3) is 0.200. The molecule has 13 heteroatoms. The zero-order valence-electron chi connectivity index (χ0n) is 25.8. The molecule has 4 rings (SSSR count). The van der Waals surface area contributed by atoms with Crippen LogP contribution in [-0.4, -0.2) is 97.7 Å². The van der Waals surface area contributed by atoms with Crippen LogP contribution in [-0.2, 0) is 36.2 Å². The van der Waals surface area contributed by atoms with E-state index in [0.29, 0.717) is 0 Å². The van der Waals surface area contributed by atoms with Crippen molar-refractivity contribution < 1.29 is 61.8 Å². The van der Waals surface area contributed by atoms with Crippen LogP contribution in [0.2, 0.25) is 0 Å². The number of carboxylic acids is 4. The van der Waals surface area contributed by atoms with E-state index in [2.05, 4.69) is 121 Å². The number of aliphatic carboxylic acids is 4. The molecule has 0 amide bonds. The van der Waals surface area contributed by atoms with Crippen LogP contribution in [0.15, 0.2) is 121 Å². The van der Waals surface area contributed by atoms with Gasteiger partial charge in [0, 0.05) is 39.3 Å². The molecule has 0 aliphatic rings. The third kappa shape index (κ3) is 12.1. The molecule has 0 aromatic heterocycles. The van der Waals surface area contributed by atoms with E-state index < -0.39 is 82.8 Å². The van der Waals surface area contributed by atoms with Gasteiger partial charge in [-0.25, -0.2) is 0 Å². The zero-order valence-corrected chi connectivity index (χ0v) is 28.8. The number of aliphatic hydroxyl groups excluding tert-OH is 1. The molecule has 48 heavy (non-hydrogen) atoms. The first-order valence-electron chi connectivity index (χ1n) is 14.6. The summed E-state index contributed by atoms with van der Waals surface area (Å²) >= 11 is -2.77. The Kier molecular flexibility index (Phi) is 16.8. The molecular weight excluding hydrogens is 723 g/mol. The first-order valence-corrected chi connectivity index (χ1v) is 18.3. The van der Waals surface area contributed by atoms with Crippen molar-refractivity contribution in [1.82, 2.24) is 9.80 Å². The number of aliphatic hydroxyl groups is 1. The van der Waals surface area contributed by atoms with Crippen LogP contribution in [0.25, 0.3) is 0 Å². The van der Waals surface area contributed by atoms with Gasteiger partial charge in [0.05, 0.1) is 30.0 Å². The molecule has 0 fully saturated rings. The molecule has 1 radical (unpaired) electrons. The predicted octanol–water partition coefficient (Wildman–Crippen LogP) is -4.99. The molecule has 11 nitrogen and oxygen atoms in total. The van der Waals surface area contributed by atoms with Gasteiger partial charge < -0.3 is 44.7 Å². The Morgan fingerprint density at radius 2 is 0.688 bits per heavy atom. The number of carbonyl (C=O) groups is 4. The summed E-state index contributed by atoms with van der Waals surface area (Å²) in [6.07, 6.45) is -1.42. The Morgan fingerprint density at radius 3 is 0.875 bits per heavy atom. The molecule has 251 valence electrons. The van der Waals surface area contributed by atoms with Crippen LogP contribution in [0.4, 0.5) is 0 Å². The van der Waals surface area contributed by atoms with E-state index in [1.54, 1.807) is 0 Å². The summed E-state index contributed by atoms with van der Waals surface area (Å²) in [6.45, 7) is -4.15. The number of nitrogens with zero attached hydrogens (tertiary/aromatic N) is 2. The average molecular weight is 757 g/mol. The van der Waals surface area contributed by atoms with E-state index in [9.17, 15) is 44.7 Å². The SMILES string of the molecule is O=C([O-])CN(CC(=O)[O-])CC(O)CN(CC(=O)[O-])CC(=O)[O-].[Fe+3].c1ccc([As+](c2ccccc2)(c2ccccc2)c2ccccc2)cc1. The third-order valence-electron chi connectivity index (χ3n) is 6.92. The van der Waals surface area contributed by atoms with Crippen LogP contribution in [0.3, 0.4) is 0 Å². The fourth-order valence-electron chi connectivity index (χ4n) is 5.25. The van der Waals surface area contributed by atoms with Gasteiger partial charge in [0.2, 0.25) is 0 Å². The quantitative estimate of drug-likeness (QED) is 0.108.